The molecule has 4 aromatic carbocycles. The van der Waals surface area contributed by atoms with Gasteiger partial charge in [0, 0.05) is 17.5 Å². The van der Waals surface area contributed by atoms with Crippen LogP contribution in [0.1, 0.15) is 120 Å². The van der Waals surface area contributed by atoms with Crippen molar-refractivity contribution in [2.45, 2.75) is 132 Å². The van der Waals surface area contributed by atoms with E-state index in [2.05, 4.69) is 28.4 Å². The molecular formula is C47H58F6N2O9S2. The largest absolute Gasteiger partial charge is 0.493 e. The number of ether oxygens (including phenoxy) is 2. The van der Waals surface area contributed by atoms with Crippen LogP contribution in [0.5, 0.6) is 11.5 Å². The number of halogens is 6. The highest BCUT2D eigenvalue weighted by atomic mass is 32.2. The quantitative estimate of drug-likeness (QED) is 0.0156. The lowest BCUT2D eigenvalue weighted by Gasteiger charge is -2.12. The first-order valence-electron chi connectivity index (χ1n) is 21.8. The van der Waals surface area contributed by atoms with Gasteiger partial charge in [-0.2, -0.15) is 43.2 Å². The minimum absolute atomic E-state index is 0.0332. The molecule has 0 saturated carbocycles. The Kier molecular flexibility index (Phi) is 23.0. The second-order valence-corrected chi connectivity index (χ2v) is 18.3. The van der Waals surface area contributed by atoms with Crippen molar-refractivity contribution in [2.75, 3.05) is 13.2 Å². The molecule has 0 bridgehead atoms. The maximum Gasteiger partial charge on any atom is 0.437 e. The molecule has 4 aromatic rings. The van der Waals surface area contributed by atoms with Gasteiger partial charge in [-0.25, -0.2) is 0 Å². The van der Waals surface area contributed by atoms with Crippen molar-refractivity contribution in [1.29, 1.82) is 0 Å². The number of hydrogen-bond acceptors (Lipinski definition) is 10. The van der Waals surface area contributed by atoms with Gasteiger partial charge in [0.25, 0.3) is 10.1 Å². The fourth-order valence-electron chi connectivity index (χ4n) is 6.40. The highest BCUT2D eigenvalue weighted by molar-refractivity contribution is 7.86. The summed E-state index contributed by atoms with van der Waals surface area (Å²) in [5.74, 6) is 0.466. The van der Waals surface area contributed by atoms with Gasteiger partial charge in [-0.1, -0.05) is 113 Å². The standard InChI is InChI=1S/C33H36F6N2O6S.C14H22O3S/c1-2-3-4-5-6-7-9-24-10-20-29(21-11-24)48(43,44)47-41-31(33(37,38)39)26-14-18-28(19-15-26)46-23-8-22-45-27-16-12-25(13-17-27)30(40-42)32(34,35)36;1-2-3-4-5-6-7-8-13-9-11-14(12-10-13)18(15,16)17/h10-21,42H,2-9,22-23H2,1H3;9-12H,2-8H2,1H3,(H,15,16,17). The number of oxime groups is 2. The van der Waals surface area contributed by atoms with Gasteiger partial charge in [-0.15, -0.1) is 0 Å². The summed E-state index contributed by atoms with van der Waals surface area (Å²) < 4.78 is 151. The Morgan fingerprint density at radius 2 is 0.894 bits per heavy atom. The number of benzene rings is 4. The van der Waals surface area contributed by atoms with Crippen molar-refractivity contribution in [3.05, 3.63) is 119 Å². The molecule has 19 heteroatoms. The highest BCUT2D eigenvalue weighted by Crippen LogP contribution is 2.27. The van der Waals surface area contributed by atoms with E-state index in [4.69, 9.17) is 19.2 Å². The molecule has 0 saturated heterocycles. The molecule has 0 aromatic heterocycles. The first-order chi connectivity index (χ1) is 31.3. The van der Waals surface area contributed by atoms with Crippen LogP contribution in [-0.4, -0.2) is 63.6 Å². The Morgan fingerprint density at radius 3 is 1.27 bits per heavy atom. The predicted molar refractivity (Wildman–Crippen MR) is 241 cm³/mol. The molecule has 66 heavy (non-hydrogen) atoms. The van der Waals surface area contributed by atoms with E-state index in [1.807, 2.05) is 0 Å². The lowest BCUT2D eigenvalue weighted by molar-refractivity contribution is -0.0608. The minimum Gasteiger partial charge on any atom is -0.493 e. The molecule has 0 spiro atoms. The molecule has 0 amide bonds. The van der Waals surface area contributed by atoms with E-state index in [0.29, 0.717) is 6.42 Å². The Hall–Kier alpha value is -5.14. The van der Waals surface area contributed by atoms with E-state index in [-0.39, 0.29) is 40.1 Å². The van der Waals surface area contributed by atoms with Gasteiger partial charge in [0.1, 0.15) is 16.4 Å². The molecule has 0 radical (unpaired) electrons. The van der Waals surface area contributed by atoms with Crippen LogP contribution >= 0.6 is 0 Å². The number of rotatable bonds is 26. The molecule has 0 aliphatic carbocycles. The first kappa shape index (κ1) is 55.2. The zero-order chi connectivity index (χ0) is 48.6. The second kappa shape index (κ2) is 27.5. The van der Waals surface area contributed by atoms with Crippen LogP contribution < -0.4 is 9.47 Å². The Bertz CT molecular complexity index is 2300. The molecule has 0 heterocycles. The highest BCUT2D eigenvalue weighted by Gasteiger charge is 2.39. The van der Waals surface area contributed by atoms with Crippen molar-refractivity contribution < 1.29 is 66.7 Å². The zero-order valence-electron chi connectivity index (χ0n) is 37.0. The van der Waals surface area contributed by atoms with Gasteiger partial charge >= 0.3 is 22.5 Å². The molecule has 0 atom stereocenters. The molecule has 2 N–H and O–H groups in total. The monoisotopic (exact) mass is 972 g/mol. The fraction of sp³-hybridized carbons (Fsp3) is 0.447. The third kappa shape index (κ3) is 20.2. The average Bonchev–Trinajstić information content (AvgIpc) is 3.26. The van der Waals surface area contributed by atoms with Crippen molar-refractivity contribution >= 4 is 31.7 Å². The summed E-state index contributed by atoms with van der Waals surface area (Å²) in [5, 5.41) is 13.9. The SMILES string of the molecule is CCCCCCCCc1ccc(S(=O)(=O)O)cc1.CCCCCCCCc1ccc(S(=O)(=O)ON=C(c2ccc(OCCCOc3ccc(C(=NO)C(F)(F)F)cc3)cc2)C(F)(F)F)cc1. The molecule has 364 valence electrons. The predicted octanol–water partition coefficient (Wildman–Crippen LogP) is 12.7. The maximum absolute atomic E-state index is 13.8. The maximum atomic E-state index is 13.8. The van der Waals surface area contributed by atoms with Crippen molar-refractivity contribution in [3.63, 3.8) is 0 Å². The van der Waals surface area contributed by atoms with Gasteiger partial charge in [0.15, 0.2) is 11.4 Å². The van der Waals surface area contributed by atoms with Crippen LogP contribution in [-0.2, 0) is 37.4 Å². The molecule has 0 unspecified atom stereocenters. The van der Waals surface area contributed by atoms with E-state index in [1.54, 1.807) is 24.3 Å². The van der Waals surface area contributed by atoms with E-state index in [1.165, 1.54) is 93.5 Å². The van der Waals surface area contributed by atoms with Gasteiger partial charge in [-0.3, -0.25) is 8.84 Å². The molecule has 4 rings (SSSR count). The third-order valence-corrected chi connectivity index (χ3v) is 12.0. The molecular weight excluding hydrogens is 915 g/mol. The molecule has 0 aliphatic heterocycles. The van der Waals surface area contributed by atoms with Crippen LogP contribution in [0.2, 0.25) is 0 Å². The van der Waals surface area contributed by atoms with E-state index >= 15 is 0 Å². The van der Waals surface area contributed by atoms with E-state index in [0.717, 1.165) is 80.3 Å². The summed E-state index contributed by atoms with van der Waals surface area (Å²) in [7, 11) is -8.67. The summed E-state index contributed by atoms with van der Waals surface area (Å²) >= 11 is 0. The van der Waals surface area contributed by atoms with Gasteiger partial charge < -0.3 is 14.7 Å². The lowest BCUT2D eigenvalue weighted by atomic mass is 10.1. The van der Waals surface area contributed by atoms with Crippen molar-refractivity contribution in [1.82, 2.24) is 0 Å². The average molecular weight is 973 g/mol. The minimum atomic E-state index is -5.03. The second-order valence-electron chi connectivity index (χ2n) is 15.3. The van der Waals surface area contributed by atoms with Crippen LogP contribution in [0.25, 0.3) is 0 Å². The number of unbranched alkanes of at least 4 members (excludes halogenated alkanes) is 10. The van der Waals surface area contributed by atoms with Crippen LogP contribution in [0.15, 0.2) is 117 Å². The van der Waals surface area contributed by atoms with Crippen LogP contribution in [0.4, 0.5) is 26.3 Å². The first-order valence-corrected chi connectivity index (χ1v) is 24.6. The molecule has 0 aliphatic rings. The van der Waals surface area contributed by atoms with Gasteiger partial charge in [-0.05, 0) is 110 Å². The van der Waals surface area contributed by atoms with Gasteiger partial charge in [0.2, 0.25) is 0 Å². The summed E-state index contributed by atoms with van der Waals surface area (Å²) in [5.41, 5.74) is -1.77. The van der Waals surface area contributed by atoms with Gasteiger partial charge in [0.05, 0.1) is 18.1 Å². The summed E-state index contributed by atoms with van der Waals surface area (Å²) in [6.07, 6.45) is 6.33. The smallest absolute Gasteiger partial charge is 0.437 e. The number of nitrogens with zero attached hydrogens (tertiary/aromatic N) is 2. The van der Waals surface area contributed by atoms with Crippen LogP contribution in [0.3, 0.4) is 0 Å². The van der Waals surface area contributed by atoms with E-state index < -0.39 is 49.6 Å². The van der Waals surface area contributed by atoms with Crippen molar-refractivity contribution in [2.24, 2.45) is 10.3 Å². The third-order valence-electron chi connectivity index (χ3n) is 10.0. The van der Waals surface area contributed by atoms with Crippen molar-refractivity contribution in [3.8, 4) is 11.5 Å². The summed E-state index contributed by atoms with van der Waals surface area (Å²) in [6, 6.07) is 21.5. The molecule has 11 nitrogen and oxygen atoms in total. The number of aryl methyl sites for hydroxylation is 2. The Labute approximate surface area is 383 Å². The topological polar surface area (TPSA) is 161 Å². The zero-order valence-corrected chi connectivity index (χ0v) is 38.6. The number of alkyl halides is 6. The number of hydrogen-bond donors (Lipinski definition) is 2. The summed E-state index contributed by atoms with van der Waals surface area (Å²) in [4.78, 5) is -0.356. The summed E-state index contributed by atoms with van der Waals surface area (Å²) in [6.45, 7) is 4.54. The van der Waals surface area contributed by atoms with E-state index in [9.17, 15) is 43.2 Å². The Morgan fingerprint density at radius 1 is 0.515 bits per heavy atom. The normalized spacial score (nSPS) is 12.6. The molecule has 0 fully saturated rings. The lowest BCUT2D eigenvalue weighted by Crippen LogP contribution is -2.25. The Balaban J connectivity index is 0.000000536. The fourth-order valence-corrected chi connectivity index (χ4v) is 7.61. The van der Waals surface area contributed by atoms with Crippen LogP contribution in [0, 0.1) is 0 Å².